The summed E-state index contributed by atoms with van der Waals surface area (Å²) in [6, 6.07) is 11.3. The van der Waals surface area contributed by atoms with Crippen LogP contribution in [0.4, 0.5) is 18.9 Å². The van der Waals surface area contributed by atoms with Crippen molar-refractivity contribution in [1.82, 2.24) is 0 Å². The van der Waals surface area contributed by atoms with Gasteiger partial charge in [0, 0.05) is 17.3 Å². The largest absolute Gasteiger partial charge is 0.417 e. The second-order valence-corrected chi connectivity index (χ2v) is 5.25. The van der Waals surface area contributed by atoms with Gasteiger partial charge in [0.1, 0.15) is 0 Å². The van der Waals surface area contributed by atoms with Gasteiger partial charge >= 0.3 is 6.18 Å². The van der Waals surface area contributed by atoms with E-state index in [4.69, 9.17) is 16.9 Å². The Kier molecular flexibility index (Phi) is 5.14. The number of nitrogens with zero attached hydrogens (tertiary/aromatic N) is 1. The Balaban J connectivity index is 2.12. The van der Waals surface area contributed by atoms with Crippen LogP contribution >= 0.6 is 11.6 Å². The molecule has 0 aliphatic carbocycles. The molecule has 0 heterocycles. The minimum atomic E-state index is -4.61. The first-order chi connectivity index (χ1) is 10.8. The third-order valence-electron chi connectivity index (χ3n) is 3.20. The summed E-state index contributed by atoms with van der Waals surface area (Å²) in [5.74, 6) is 0. The minimum absolute atomic E-state index is 0.0187. The molecule has 7 heteroatoms. The van der Waals surface area contributed by atoms with Crippen LogP contribution in [0, 0.1) is 11.3 Å². The predicted molar refractivity (Wildman–Crippen MR) is 81.1 cm³/mol. The first kappa shape index (κ1) is 17.1. The highest BCUT2D eigenvalue weighted by Gasteiger charge is 2.33. The summed E-state index contributed by atoms with van der Waals surface area (Å²) in [6.45, 7) is 0.0187. The van der Waals surface area contributed by atoms with Crippen LogP contribution in [0.2, 0.25) is 5.02 Å². The molecule has 0 saturated carbocycles. The molecule has 0 bridgehead atoms. The number of hydrogen-bond donors (Lipinski definition) is 2. The highest BCUT2D eigenvalue weighted by Crippen LogP contribution is 2.33. The van der Waals surface area contributed by atoms with E-state index in [-0.39, 0.29) is 12.2 Å². The number of halogens is 4. The topological polar surface area (TPSA) is 56.0 Å². The van der Waals surface area contributed by atoms with Crippen molar-refractivity contribution in [3.05, 3.63) is 64.2 Å². The standard InChI is InChI=1S/C16H12ClF3N2O/c17-12-4-1-10(2-5-12)15(23)9-22-13-6-3-11(8-21)14(7-13)16(18,19)20/h1-7,15,22-23H,9H2. The number of benzene rings is 2. The SMILES string of the molecule is N#Cc1ccc(NCC(O)c2ccc(Cl)cc2)cc1C(F)(F)F. The van der Waals surface area contributed by atoms with E-state index in [0.29, 0.717) is 10.6 Å². The van der Waals surface area contributed by atoms with Crippen LogP contribution in [-0.4, -0.2) is 11.7 Å². The van der Waals surface area contributed by atoms with E-state index < -0.39 is 23.4 Å². The lowest BCUT2D eigenvalue weighted by atomic mass is 10.1. The maximum absolute atomic E-state index is 12.9. The average molecular weight is 341 g/mol. The second kappa shape index (κ2) is 6.90. The fraction of sp³-hybridized carbons (Fsp3) is 0.188. The minimum Gasteiger partial charge on any atom is -0.387 e. The van der Waals surface area contributed by atoms with Crippen LogP contribution in [0.25, 0.3) is 0 Å². The molecule has 2 N–H and O–H groups in total. The normalized spacial score (nSPS) is 12.5. The number of rotatable bonds is 4. The number of alkyl halides is 3. The molecule has 0 saturated heterocycles. The maximum Gasteiger partial charge on any atom is 0.417 e. The van der Waals surface area contributed by atoms with Crippen LogP contribution < -0.4 is 5.32 Å². The number of aliphatic hydroxyl groups excluding tert-OH is 1. The molecule has 0 aliphatic heterocycles. The van der Waals surface area contributed by atoms with Gasteiger partial charge in [0.25, 0.3) is 0 Å². The third-order valence-corrected chi connectivity index (χ3v) is 3.45. The molecule has 0 fully saturated rings. The molecule has 0 radical (unpaired) electrons. The number of nitriles is 1. The van der Waals surface area contributed by atoms with Crippen molar-refractivity contribution in [3.63, 3.8) is 0 Å². The quantitative estimate of drug-likeness (QED) is 0.868. The van der Waals surface area contributed by atoms with Gasteiger partial charge in [-0.2, -0.15) is 18.4 Å². The molecule has 0 spiro atoms. The second-order valence-electron chi connectivity index (χ2n) is 4.82. The van der Waals surface area contributed by atoms with E-state index in [9.17, 15) is 18.3 Å². The van der Waals surface area contributed by atoms with Gasteiger partial charge < -0.3 is 10.4 Å². The Morgan fingerprint density at radius 3 is 2.39 bits per heavy atom. The predicted octanol–water partition coefficient (Wildman–Crippen LogP) is 4.38. The summed E-state index contributed by atoms with van der Waals surface area (Å²) in [5, 5.41) is 22.0. The van der Waals surface area contributed by atoms with Gasteiger partial charge in [0.2, 0.25) is 0 Å². The highest BCUT2D eigenvalue weighted by atomic mass is 35.5. The lowest BCUT2D eigenvalue weighted by Crippen LogP contribution is -2.14. The van der Waals surface area contributed by atoms with Crippen LogP contribution in [-0.2, 0) is 6.18 Å². The van der Waals surface area contributed by atoms with Crippen LogP contribution in [0.1, 0.15) is 22.8 Å². The lowest BCUT2D eigenvalue weighted by Gasteiger charge is -2.15. The molecule has 1 atom stereocenters. The van der Waals surface area contributed by atoms with Crippen molar-refractivity contribution in [3.8, 4) is 6.07 Å². The summed E-state index contributed by atoms with van der Waals surface area (Å²) in [5.41, 5.74) is -0.691. The Morgan fingerprint density at radius 2 is 1.83 bits per heavy atom. The van der Waals surface area contributed by atoms with E-state index in [2.05, 4.69) is 5.32 Å². The summed E-state index contributed by atoms with van der Waals surface area (Å²) >= 11 is 5.75. The van der Waals surface area contributed by atoms with E-state index in [1.165, 1.54) is 12.1 Å². The Bertz CT molecular complexity index is 724. The van der Waals surface area contributed by atoms with Crippen molar-refractivity contribution in [2.24, 2.45) is 0 Å². The van der Waals surface area contributed by atoms with Gasteiger partial charge in [-0.25, -0.2) is 0 Å². The molecule has 1 unspecified atom stereocenters. The van der Waals surface area contributed by atoms with Crippen molar-refractivity contribution >= 4 is 17.3 Å². The number of aliphatic hydroxyl groups is 1. The Morgan fingerprint density at radius 1 is 1.17 bits per heavy atom. The molecule has 0 amide bonds. The summed E-state index contributed by atoms with van der Waals surface area (Å²) < 4.78 is 38.6. The van der Waals surface area contributed by atoms with E-state index in [1.54, 1.807) is 24.3 Å². The van der Waals surface area contributed by atoms with Gasteiger partial charge in [0.05, 0.1) is 23.3 Å². The van der Waals surface area contributed by atoms with Crippen molar-refractivity contribution in [1.29, 1.82) is 5.26 Å². The van der Waals surface area contributed by atoms with Crippen molar-refractivity contribution in [2.45, 2.75) is 12.3 Å². The van der Waals surface area contributed by atoms with E-state index >= 15 is 0 Å². The maximum atomic E-state index is 12.9. The first-order valence-corrected chi connectivity index (χ1v) is 6.98. The number of nitrogens with one attached hydrogen (secondary N) is 1. The van der Waals surface area contributed by atoms with Gasteiger partial charge in [-0.1, -0.05) is 23.7 Å². The number of anilines is 1. The van der Waals surface area contributed by atoms with Crippen LogP contribution in [0.15, 0.2) is 42.5 Å². The Labute approximate surface area is 135 Å². The van der Waals surface area contributed by atoms with E-state index in [0.717, 1.165) is 12.1 Å². The van der Waals surface area contributed by atoms with Gasteiger partial charge in [-0.05, 0) is 35.9 Å². The van der Waals surface area contributed by atoms with Crippen molar-refractivity contribution < 1.29 is 18.3 Å². The molecule has 23 heavy (non-hydrogen) atoms. The fourth-order valence-corrected chi connectivity index (χ4v) is 2.13. The van der Waals surface area contributed by atoms with Gasteiger partial charge in [0.15, 0.2) is 0 Å². The molecule has 2 aromatic carbocycles. The molecule has 0 aromatic heterocycles. The third kappa shape index (κ3) is 4.38. The summed E-state index contributed by atoms with van der Waals surface area (Å²) in [7, 11) is 0. The highest BCUT2D eigenvalue weighted by molar-refractivity contribution is 6.30. The van der Waals surface area contributed by atoms with Gasteiger partial charge in [-0.15, -0.1) is 0 Å². The molecule has 120 valence electrons. The smallest absolute Gasteiger partial charge is 0.387 e. The molecule has 2 aromatic rings. The van der Waals surface area contributed by atoms with Crippen LogP contribution in [0.5, 0.6) is 0 Å². The Hall–Kier alpha value is -2.23. The molecular weight excluding hydrogens is 329 g/mol. The van der Waals surface area contributed by atoms with Crippen molar-refractivity contribution in [2.75, 3.05) is 11.9 Å². The van der Waals surface area contributed by atoms with Crippen LogP contribution in [0.3, 0.4) is 0 Å². The fourth-order valence-electron chi connectivity index (χ4n) is 2.00. The number of hydrogen-bond acceptors (Lipinski definition) is 3. The van der Waals surface area contributed by atoms with Gasteiger partial charge in [-0.3, -0.25) is 0 Å². The zero-order valence-corrected chi connectivity index (χ0v) is 12.5. The lowest BCUT2D eigenvalue weighted by molar-refractivity contribution is -0.137. The summed E-state index contributed by atoms with van der Waals surface area (Å²) in [6.07, 6.45) is -5.52. The van der Waals surface area contributed by atoms with E-state index in [1.807, 2.05) is 0 Å². The monoisotopic (exact) mass is 340 g/mol. The zero-order valence-electron chi connectivity index (χ0n) is 11.7. The molecule has 0 aliphatic rings. The first-order valence-electron chi connectivity index (χ1n) is 6.60. The molecule has 3 nitrogen and oxygen atoms in total. The molecular formula is C16H12ClF3N2O. The summed E-state index contributed by atoms with van der Waals surface area (Å²) in [4.78, 5) is 0. The zero-order chi connectivity index (χ0) is 17.0. The molecule has 2 rings (SSSR count). The average Bonchev–Trinajstić information content (AvgIpc) is 2.52.